The maximum Gasteiger partial charge on any atom is 0.130 e. The van der Waals surface area contributed by atoms with Gasteiger partial charge in [0.25, 0.3) is 0 Å². The molecule has 2 heteroatoms. The van der Waals surface area contributed by atoms with Gasteiger partial charge in [-0.2, -0.15) is 0 Å². The SMILES string of the molecule is CCCCCCC(C)(C)c1ccc(C(C)CC(C)=O)c(OCc2ccccc2)c1. The average molecular weight is 395 g/mol. The molecule has 0 aliphatic heterocycles. The van der Waals surface area contributed by atoms with Crippen LogP contribution in [0.1, 0.15) is 95.8 Å². The zero-order valence-corrected chi connectivity index (χ0v) is 19.0. The Bertz CT molecular complexity index is 761. The van der Waals surface area contributed by atoms with Crippen LogP contribution >= 0.6 is 0 Å². The molecule has 0 N–H and O–H groups in total. The van der Waals surface area contributed by atoms with Gasteiger partial charge >= 0.3 is 0 Å². The summed E-state index contributed by atoms with van der Waals surface area (Å²) >= 11 is 0. The molecular formula is C27H38O2. The second kappa shape index (κ2) is 11.2. The van der Waals surface area contributed by atoms with Crippen LogP contribution in [-0.2, 0) is 16.8 Å². The molecule has 2 aromatic carbocycles. The normalized spacial score (nSPS) is 12.6. The first-order valence-corrected chi connectivity index (χ1v) is 11.1. The summed E-state index contributed by atoms with van der Waals surface area (Å²) in [6.45, 7) is 11.2. The second-order valence-electron chi connectivity index (χ2n) is 9.03. The van der Waals surface area contributed by atoms with E-state index in [2.05, 4.69) is 58.0 Å². The highest BCUT2D eigenvalue weighted by atomic mass is 16.5. The summed E-state index contributed by atoms with van der Waals surface area (Å²) in [6.07, 6.45) is 6.84. The topological polar surface area (TPSA) is 26.3 Å². The number of unbranched alkanes of at least 4 members (excludes halogenated alkanes) is 3. The molecule has 0 spiro atoms. The van der Waals surface area contributed by atoms with E-state index in [0.29, 0.717) is 13.0 Å². The first-order valence-electron chi connectivity index (χ1n) is 11.1. The van der Waals surface area contributed by atoms with Gasteiger partial charge in [-0.05, 0) is 47.4 Å². The van der Waals surface area contributed by atoms with Gasteiger partial charge in [-0.1, -0.05) is 95.8 Å². The third-order valence-corrected chi connectivity index (χ3v) is 5.81. The summed E-state index contributed by atoms with van der Waals surface area (Å²) in [6, 6.07) is 16.9. The van der Waals surface area contributed by atoms with E-state index in [9.17, 15) is 4.79 Å². The molecule has 0 saturated heterocycles. The van der Waals surface area contributed by atoms with Crippen LogP contribution in [0.15, 0.2) is 48.5 Å². The van der Waals surface area contributed by atoms with Crippen molar-refractivity contribution in [2.24, 2.45) is 0 Å². The fourth-order valence-corrected chi connectivity index (χ4v) is 3.90. The van der Waals surface area contributed by atoms with Crippen LogP contribution in [0.4, 0.5) is 0 Å². The van der Waals surface area contributed by atoms with Gasteiger partial charge in [-0.25, -0.2) is 0 Å². The van der Waals surface area contributed by atoms with Gasteiger partial charge in [-0.3, -0.25) is 0 Å². The molecule has 0 aliphatic carbocycles. The molecule has 0 bridgehead atoms. The molecule has 0 saturated carbocycles. The lowest BCUT2D eigenvalue weighted by Gasteiger charge is -2.27. The van der Waals surface area contributed by atoms with E-state index >= 15 is 0 Å². The van der Waals surface area contributed by atoms with Gasteiger partial charge < -0.3 is 9.53 Å². The first kappa shape index (κ1) is 23.2. The molecule has 1 unspecified atom stereocenters. The quantitative estimate of drug-likeness (QED) is 0.346. The van der Waals surface area contributed by atoms with E-state index < -0.39 is 0 Å². The van der Waals surface area contributed by atoms with Gasteiger partial charge in [0.2, 0.25) is 0 Å². The summed E-state index contributed by atoms with van der Waals surface area (Å²) in [5, 5.41) is 0. The Morgan fingerprint density at radius 3 is 2.41 bits per heavy atom. The zero-order chi connectivity index (χ0) is 21.3. The minimum Gasteiger partial charge on any atom is -0.489 e. The molecule has 2 aromatic rings. The summed E-state index contributed by atoms with van der Waals surface area (Å²) in [5.41, 5.74) is 3.71. The van der Waals surface area contributed by atoms with Crippen LogP contribution in [0.25, 0.3) is 0 Å². The maximum atomic E-state index is 11.7. The highest BCUT2D eigenvalue weighted by molar-refractivity contribution is 5.76. The number of ketones is 1. The third kappa shape index (κ3) is 7.34. The molecule has 0 aliphatic rings. The number of hydrogen-bond acceptors (Lipinski definition) is 2. The minimum absolute atomic E-state index is 0.112. The van der Waals surface area contributed by atoms with Crippen molar-refractivity contribution in [3.05, 3.63) is 65.2 Å². The summed E-state index contributed by atoms with van der Waals surface area (Å²) in [7, 11) is 0. The van der Waals surface area contributed by atoms with E-state index in [-0.39, 0.29) is 17.1 Å². The van der Waals surface area contributed by atoms with Crippen LogP contribution in [0.3, 0.4) is 0 Å². The Morgan fingerprint density at radius 1 is 1.03 bits per heavy atom. The summed E-state index contributed by atoms with van der Waals surface area (Å²) in [4.78, 5) is 11.7. The van der Waals surface area contributed by atoms with Crippen molar-refractivity contribution in [2.45, 2.75) is 91.1 Å². The number of rotatable bonds is 12. The van der Waals surface area contributed by atoms with Crippen molar-refractivity contribution >= 4 is 5.78 Å². The lowest BCUT2D eigenvalue weighted by Crippen LogP contribution is -2.17. The lowest BCUT2D eigenvalue weighted by molar-refractivity contribution is -0.117. The lowest BCUT2D eigenvalue weighted by atomic mass is 9.79. The van der Waals surface area contributed by atoms with E-state index in [4.69, 9.17) is 4.74 Å². The van der Waals surface area contributed by atoms with E-state index in [1.165, 1.54) is 37.7 Å². The van der Waals surface area contributed by atoms with Crippen molar-refractivity contribution in [3.63, 3.8) is 0 Å². The Morgan fingerprint density at radius 2 is 1.76 bits per heavy atom. The molecule has 0 amide bonds. The fraction of sp³-hybridized carbons (Fsp3) is 0.519. The highest BCUT2D eigenvalue weighted by Gasteiger charge is 2.23. The Hall–Kier alpha value is -2.09. The molecular weight excluding hydrogens is 356 g/mol. The van der Waals surface area contributed by atoms with Crippen molar-refractivity contribution in [1.29, 1.82) is 0 Å². The smallest absolute Gasteiger partial charge is 0.130 e. The zero-order valence-electron chi connectivity index (χ0n) is 19.0. The highest BCUT2D eigenvalue weighted by Crippen LogP contribution is 2.36. The molecule has 2 rings (SSSR count). The fourth-order valence-electron chi connectivity index (χ4n) is 3.90. The van der Waals surface area contributed by atoms with Gasteiger partial charge in [0.1, 0.15) is 18.1 Å². The van der Waals surface area contributed by atoms with Gasteiger partial charge in [0, 0.05) is 6.42 Å². The molecule has 158 valence electrons. The average Bonchev–Trinajstić information content (AvgIpc) is 2.69. The molecule has 0 fully saturated rings. The number of ether oxygens (including phenoxy) is 1. The number of hydrogen-bond donors (Lipinski definition) is 0. The minimum atomic E-state index is 0.112. The molecule has 0 heterocycles. The maximum absolute atomic E-state index is 11.7. The molecule has 29 heavy (non-hydrogen) atoms. The van der Waals surface area contributed by atoms with Crippen molar-refractivity contribution in [2.75, 3.05) is 0 Å². The van der Waals surface area contributed by atoms with Crippen molar-refractivity contribution < 1.29 is 9.53 Å². The standard InChI is InChI=1S/C27H38O2/c1-6-7-8-12-17-27(4,5)24-15-16-25(21(2)18-22(3)28)26(19-24)29-20-23-13-10-9-11-14-23/h9-11,13-16,19,21H,6-8,12,17-18,20H2,1-5H3. The van der Waals surface area contributed by atoms with Crippen molar-refractivity contribution in [1.82, 2.24) is 0 Å². The Kier molecular flexibility index (Phi) is 8.95. The Labute approximate surface area is 177 Å². The predicted molar refractivity (Wildman–Crippen MR) is 123 cm³/mol. The van der Waals surface area contributed by atoms with E-state index in [1.807, 2.05) is 18.2 Å². The second-order valence-corrected chi connectivity index (χ2v) is 9.03. The van der Waals surface area contributed by atoms with E-state index in [1.54, 1.807) is 6.92 Å². The molecule has 0 radical (unpaired) electrons. The Balaban J connectivity index is 2.24. The van der Waals surface area contributed by atoms with Crippen LogP contribution in [-0.4, -0.2) is 5.78 Å². The number of carbonyl (C=O) groups excluding carboxylic acids is 1. The molecule has 2 nitrogen and oxygen atoms in total. The summed E-state index contributed by atoms with van der Waals surface area (Å²) in [5.74, 6) is 1.29. The monoisotopic (exact) mass is 394 g/mol. The molecule has 1 atom stereocenters. The van der Waals surface area contributed by atoms with Crippen LogP contribution in [0.2, 0.25) is 0 Å². The largest absolute Gasteiger partial charge is 0.489 e. The van der Waals surface area contributed by atoms with E-state index in [0.717, 1.165) is 16.9 Å². The third-order valence-electron chi connectivity index (χ3n) is 5.81. The number of carbonyl (C=O) groups is 1. The first-order chi connectivity index (χ1) is 13.8. The van der Waals surface area contributed by atoms with Crippen LogP contribution < -0.4 is 4.74 Å². The van der Waals surface area contributed by atoms with Crippen molar-refractivity contribution in [3.8, 4) is 5.75 Å². The van der Waals surface area contributed by atoms with Gasteiger partial charge in [0.05, 0.1) is 0 Å². The summed E-state index contributed by atoms with van der Waals surface area (Å²) < 4.78 is 6.29. The number of Topliss-reactive ketones (excluding diaryl/α,β-unsaturated/α-hetero) is 1. The number of benzene rings is 2. The van der Waals surface area contributed by atoms with Crippen LogP contribution in [0, 0.1) is 0 Å². The van der Waals surface area contributed by atoms with Gasteiger partial charge in [0.15, 0.2) is 0 Å². The van der Waals surface area contributed by atoms with Crippen LogP contribution in [0.5, 0.6) is 5.75 Å². The predicted octanol–water partition coefficient (Wildman–Crippen LogP) is 7.60. The van der Waals surface area contributed by atoms with Gasteiger partial charge in [-0.15, -0.1) is 0 Å². The molecule has 0 aromatic heterocycles.